The third-order valence-electron chi connectivity index (χ3n) is 1.88. The lowest BCUT2D eigenvalue weighted by Crippen LogP contribution is -1.98. The number of hydrogen-bond donors (Lipinski definition) is 1. The molecule has 0 aliphatic rings. The van der Waals surface area contributed by atoms with Gasteiger partial charge in [-0.2, -0.15) is 0 Å². The summed E-state index contributed by atoms with van der Waals surface area (Å²) in [5.74, 6) is 0. The molecule has 0 aliphatic heterocycles. The van der Waals surface area contributed by atoms with Gasteiger partial charge in [0.1, 0.15) is 0 Å². The van der Waals surface area contributed by atoms with Gasteiger partial charge in [0.2, 0.25) is 0 Å². The lowest BCUT2D eigenvalue weighted by atomic mass is 10.0. The molecule has 1 aromatic carbocycles. The van der Waals surface area contributed by atoms with Crippen molar-refractivity contribution < 1.29 is 5.21 Å². The molecule has 0 saturated carbocycles. The molecule has 0 spiro atoms. The summed E-state index contributed by atoms with van der Waals surface area (Å²) in [5, 5.41) is 11.6. The van der Waals surface area contributed by atoms with E-state index in [1.54, 1.807) is 0 Å². The second-order valence-corrected chi connectivity index (χ2v) is 2.94. The van der Waals surface area contributed by atoms with E-state index in [0.717, 1.165) is 12.1 Å². The molecule has 0 bridgehead atoms. The topological polar surface area (TPSA) is 32.6 Å². The van der Waals surface area contributed by atoms with Crippen LogP contribution < -0.4 is 0 Å². The minimum atomic E-state index is 0.725. The lowest BCUT2D eigenvalue weighted by molar-refractivity contribution is 0.317. The van der Waals surface area contributed by atoms with Crippen molar-refractivity contribution in [1.29, 1.82) is 0 Å². The molecule has 0 aliphatic carbocycles. The minimum absolute atomic E-state index is 0.725. The van der Waals surface area contributed by atoms with Crippen molar-refractivity contribution in [1.82, 2.24) is 0 Å². The van der Waals surface area contributed by atoms with E-state index in [-0.39, 0.29) is 0 Å². The Bertz CT molecular complexity index is 292. The van der Waals surface area contributed by atoms with Crippen molar-refractivity contribution in [3.63, 3.8) is 0 Å². The fraction of sp³-hybridized carbons (Fsp3) is 0.300. The molecular formula is C10H13NO. The van der Waals surface area contributed by atoms with Crippen molar-refractivity contribution in [3.8, 4) is 0 Å². The van der Waals surface area contributed by atoms with Crippen molar-refractivity contribution in [2.24, 2.45) is 5.16 Å². The number of oxime groups is 1. The Kier molecular flexibility index (Phi) is 2.86. The molecule has 0 radical (unpaired) electrons. The molecule has 0 aromatic heterocycles. The first kappa shape index (κ1) is 8.78. The van der Waals surface area contributed by atoms with E-state index >= 15 is 0 Å². The fourth-order valence-electron chi connectivity index (χ4n) is 1.12. The second kappa shape index (κ2) is 3.90. The number of aryl methyl sites for hydroxylation is 1. The zero-order valence-corrected chi connectivity index (χ0v) is 7.41. The highest BCUT2D eigenvalue weighted by Crippen LogP contribution is 2.07. The third-order valence-corrected chi connectivity index (χ3v) is 1.88. The predicted octanol–water partition coefficient (Wildman–Crippen LogP) is 2.39. The molecule has 0 unspecified atom stereocenters. The molecule has 1 rings (SSSR count). The standard InChI is InChI=1S/C10H13NO/c1-8-5-3-4-6-10(8)7-9(2)11-12/h3-6,12H,7H2,1-2H3. The predicted molar refractivity (Wildman–Crippen MR) is 49.8 cm³/mol. The van der Waals surface area contributed by atoms with Crippen LogP contribution in [0.15, 0.2) is 29.4 Å². The van der Waals surface area contributed by atoms with Crippen LogP contribution in [-0.4, -0.2) is 10.9 Å². The monoisotopic (exact) mass is 163 g/mol. The molecule has 2 heteroatoms. The molecule has 2 nitrogen and oxygen atoms in total. The first-order valence-electron chi connectivity index (χ1n) is 3.96. The van der Waals surface area contributed by atoms with Gasteiger partial charge in [-0.25, -0.2) is 0 Å². The number of rotatable bonds is 2. The number of hydrogen-bond acceptors (Lipinski definition) is 2. The summed E-state index contributed by atoms with van der Waals surface area (Å²) in [4.78, 5) is 0. The van der Waals surface area contributed by atoms with Gasteiger partial charge in [-0.05, 0) is 25.0 Å². The molecule has 0 saturated heterocycles. The summed E-state index contributed by atoms with van der Waals surface area (Å²) < 4.78 is 0. The van der Waals surface area contributed by atoms with E-state index in [9.17, 15) is 0 Å². The molecule has 0 atom stereocenters. The van der Waals surface area contributed by atoms with Crippen LogP contribution in [0.1, 0.15) is 18.1 Å². The number of nitrogens with zero attached hydrogens (tertiary/aromatic N) is 1. The van der Waals surface area contributed by atoms with Crippen LogP contribution in [0, 0.1) is 6.92 Å². The molecular weight excluding hydrogens is 150 g/mol. The van der Waals surface area contributed by atoms with Crippen LogP contribution >= 0.6 is 0 Å². The van der Waals surface area contributed by atoms with Crippen LogP contribution in [0.2, 0.25) is 0 Å². The van der Waals surface area contributed by atoms with Crippen molar-refractivity contribution >= 4 is 5.71 Å². The van der Waals surface area contributed by atoms with Crippen molar-refractivity contribution in [3.05, 3.63) is 35.4 Å². The summed E-state index contributed by atoms with van der Waals surface area (Å²) in [6.45, 7) is 3.87. The largest absolute Gasteiger partial charge is 0.411 e. The van der Waals surface area contributed by atoms with Crippen molar-refractivity contribution in [2.45, 2.75) is 20.3 Å². The summed E-state index contributed by atoms with van der Waals surface area (Å²) in [6, 6.07) is 8.10. The SMILES string of the molecule is CC(Cc1ccccc1C)=NO. The Morgan fingerprint density at radius 3 is 2.67 bits per heavy atom. The highest BCUT2D eigenvalue weighted by molar-refractivity contribution is 5.83. The van der Waals surface area contributed by atoms with Crippen LogP contribution in [0.3, 0.4) is 0 Å². The maximum absolute atomic E-state index is 8.47. The summed E-state index contributed by atoms with van der Waals surface area (Å²) in [7, 11) is 0. The van der Waals surface area contributed by atoms with Gasteiger partial charge in [-0.3, -0.25) is 0 Å². The fourth-order valence-corrected chi connectivity index (χ4v) is 1.12. The Morgan fingerprint density at radius 2 is 2.08 bits per heavy atom. The van der Waals surface area contributed by atoms with E-state index in [1.165, 1.54) is 11.1 Å². The van der Waals surface area contributed by atoms with Gasteiger partial charge in [-0.1, -0.05) is 29.4 Å². The lowest BCUT2D eigenvalue weighted by Gasteiger charge is -2.02. The molecule has 0 amide bonds. The summed E-state index contributed by atoms with van der Waals surface area (Å²) in [5.41, 5.74) is 3.19. The van der Waals surface area contributed by atoms with Crippen LogP contribution in [-0.2, 0) is 6.42 Å². The van der Waals surface area contributed by atoms with Gasteiger partial charge in [0.05, 0.1) is 5.71 Å². The Morgan fingerprint density at radius 1 is 1.42 bits per heavy atom. The molecule has 0 fully saturated rings. The molecule has 1 aromatic rings. The van der Waals surface area contributed by atoms with Crippen LogP contribution in [0.5, 0.6) is 0 Å². The quantitative estimate of drug-likeness (QED) is 0.405. The maximum Gasteiger partial charge on any atom is 0.0583 e. The van der Waals surface area contributed by atoms with Gasteiger partial charge in [0, 0.05) is 6.42 Å². The first-order valence-corrected chi connectivity index (χ1v) is 3.96. The van der Waals surface area contributed by atoms with E-state index in [2.05, 4.69) is 18.1 Å². The molecule has 12 heavy (non-hydrogen) atoms. The Hall–Kier alpha value is -1.31. The smallest absolute Gasteiger partial charge is 0.0583 e. The summed E-state index contributed by atoms with van der Waals surface area (Å²) in [6.07, 6.45) is 0.725. The minimum Gasteiger partial charge on any atom is -0.411 e. The van der Waals surface area contributed by atoms with Crippen LogP contribution in [0.25, 0.3) is 0 Å². The first-order chi connectivity index (χ1) is 5.74. The Balaban J connectivity index is 2.82. The van der Waals surface area contributed by atoms with Crippen molar-refractivity contribution in [2.75, 3.05) is 0 Å². The zero-order chi connectivity index (χ0) is 8.97. The third kappa shape index (κ3) is 2.09. The zero-order valence-electron chi connectivity index (χ0n) is 7.41. The average molecular weight is 163 g/mol. The van der Waals surface area contributed by atoms with E-state index < -0.39 is 0 Å². The van der Waals surface area contributed by atoms with Gasteiger partial charge in [0.15, 0.2) is 0 Å². The summed E-state index contributed by atoms with van der Waals surface area (Å²) >= 11 is 0. The number of benzene rings is 1. The highest BCUT2D eigenvalue weighted by atomic mass is 16.4. The van der Waals surface area contributed by atoms with Gasteiger partial charge >= 0.3 is 0 Å². The molecule has 64 valence electrons. The van der Waals surface area contributed by atoms with Gasteiger partial charge in [-0.15, -0.1) is 0 Å². The van der Waals surface area contributed by atoms with E-state index in [0.29, 0.717) is 0 Å². The molecule has 0 heterocycles. The Labute approximate surface area is 72.5 Å². The van der Waals surface area contributed by atoms with E-state index in [1.807, 2.05) is 25.1 Å². The normalized spacial score (nSPS) is 11.7. The highest BCUT2D eigenvalue weighted by Gasteiger charge is 1.98. The van der Waals surface area contributed by atoms with Crippen LogP contribution in [0.4, 0.5) is 0 Å². The maximum atomic E-state index is 8.47. The molecule has 1 N–H and O–H groups in total. The second-order valence-electron chi connectivity index (χ2n) is 2.94. The van der Waals surface area contributed by atoms with E-state index in [4.69, 9.17) is 5.21 Å². The van der Waals surface area contributed by atoms with Gasteiger partial charge in [0.25, 0.3) is 0 Å². The van der Waals surface area contributed by atoms with Gasteiger partial charge < -0.3 is 5.21 Å². The average Bonchev–Trinajstić information content (AvgIpc) is 2.09.